The van der Waals surface area contributed by atoms with E-state index in [0.29, 0.717) is 0 Å². The Morgan fingerprint density at radius 2 is 2.26 bits per heavy atom. The summed E-state index contributed by atoms with van der Waals surface area (Å²) in [6.07, 6.45) is 1.99. The second kappa shape index (κ2) is 7.30. The van der Waals surface area contributed by atoms with Crippen molar-refractivity contribution in [3.05, 3.63) is 12.7 Å². The van der Waals surface area contributed by atoms with E-state index < -0.39 is 11.9 Å². The zero-order valence-electron chi connectivity index (χ0n) is 10.8. The third-order valence-corrected chi connectivity index (χ3v) is 2.41. The van der Waals surface area contributed by atoms with Crippen molar-refractivity contribution >= 4 is 23.5 Å². The first-order chi connectivity index (χ1) is 9.08. The molecule has 0 radical (unpaired) electrons. The summed E-state index contributed by atoms with van der Waals surface area (Å²) in [7, 11) is 0. The van der Waals surface area contributed by atoms with Gasteiger partial charge in [0.25, 0.3) is 5.91 Å². The van der Waals surface area contributed by atoms with Crippen LogP contribution in [-0.4, -0.2) is 48.1 Å². The molecule has 1 heterocycles. The molecule has 7 nitrogen and oxygen atoms in total. The molecule has 1 rings (SSSR count). The molecule has 0 fully saturated rings. The van der Waals surface area contributed by atoms with Crippen molar-refractivity contribution in [2.24, 2.45) is 5.10 Å². The Hall–Kier alpha value is -2.18. The van der Waals surface area contributed by atoms with Crippen molar-refractivity contribution in [3.63, 3.8) is 0 Å². The van der Waals surface area contributed by atoms with Crippen molar-refractivity contribution in [1.82, 2.24) is 10.3 Å². The normalized spacial score (nSPS) is 14.2. The molecule has 0 saturated carbocycles. The number of amides is 2. The van der Waals surface area contributed by atoms with Gasteiger partial charge in [-0.3, -0.25) is 14.4 Å². The lowest BCUT2D eigenvalue weighted by Gasteiger charge is -2.22. The second-order valence-corrected chi connectivity index (χ2v) is 3.87. The second-order valence-electron chi connectivity index (χ2n) is 3.87. The van der Waals surface area contributed by atoms with Gasteiger partial charge in [-0.1, -0.05) is 6.08 Å². The summed E-state index contributed by atoms with van der Waals surface area (Å²) in [6.45, 7) is 5.54. The van der Waals surface area contributed by atoms with Crippen LogP contribution in [-0.2, 0) is 19.1 Å². The molecule has 0 aromatic carbocycles. The SMILES string of the molecule is C=CCN(CC(=O)OCC)C(=O)C1=NNC(=O)CC1. The maximum Gasteiger partial charge on any atom is 0.325 e. The van der Waals surface area contributed by atoms with Crippen LogP contribution < -0.4 is 5.43 Å². The number of hydrogen-bond acceptors (Lipinski definition) is 5. The number of ether oxygens (including phenoxy) is 1. The van der Waals surface area contributed by atoms with Crippen LogP contribution in [0.4, 0.5) is 0 Å². The van der Waals surface area contributed by atoms with E-state index in [2.05, 4.69) is 17.1 Å². The maximum atomic E-state index is 12.1. The number of hydrazone groups is 1. The molecule has 1 N–H and O–H groups in total. The minimum atomic E-state index is -0.488. The molecule has 0 aromatic heterocycles. The van der Waals surface area contributed by atoms with Crippen LogP contribution in [0.25, 0.3) is 0 Å². The molecule has 104 valence electrons. The van der Waals surface area contributed by atoms with Gasteiger partial charge in [0.2, 0.25) is 5.91 Å². The number of hydrogen-bond donors (Lipinski definition) is 1. The predicted molar refractivity (Wildman–Crippen MR) is 68.2 cm³/mol. The molecule has 0 unspecified atom stereocenters. The van der Waals surface area contributed by atoms with Crippen LogP contribution >= 0.6 is 0 Å². The highest BCUT2D eigenvalue weighted by atomic mass is 16.5. The number of rotatable bonds is 6. The summed E-state index contributed by atoms with van der Waals surface area (Å²) in [5, 5.41) is 3.71. The average Bonchev–Trinajstić information content (AvgIpc) is 2.38. The largest absolute Gasteiger partial charge is 0.465 e. The fraction of sp³-hybridized carbons (Fsp3) is 0.500. The molecule has 0 atom stereocenters. The van der Waals surface area contributed by atoms with Gasteiger partial charge in [0.05, 0.1) is 6.61 Å². The summed E-state index contributed by atoms with van der Waals surface area (Å²) < 4.78 is 4.80. The van der Waals surface area contributed by atoms with Crippen LogP contribution in [0.15, 0.2) is 17.8 Å². The van der Waals surface area contributed by atoms with Crippen LogP contribution in [0.5, 0.6) is 0 Å². The molecule has 1 aliphatic heterocycles. The summed E-state index contributed by atoms with van der Waals surface area (Å²) >= 11 is 0. The van der Waals surface area contributed by atoms with Crippen molar-refractivity contribution < 1.29 is 19.1 Å². The van der Waals surface area contributed by atoms with E-state index >= 15 is 0 Å². The van der Waals surface area contributed by atoms with E-state index in [1.54, 1.807) is 6.92 Å². The van der Waals surface area contributed by atoms with Gasteiger partial charge in [-0.15, -0.1) is 6.58 Å². The van der Waals surface area contributed by atoms with Gasteiger partial charge in [0.15, 0.2) is 0 Å². The summed E-state index contributed by atoms with van der Waals surface area (Å²) in [4.78, 5) is 35.8. The van der Waals surface area contributed by atoms with E-state index in [1.807, 2.05) is 0 Å². The van der Waals surface area contributed by atoms with E-state index in [4.69, 9.17) is 4.74 Å². The van der Waals surface area contributed by atoms with Crippen molar-refractivity contribution in [1.29, 1.82) is 0 Å². The third kappa shape index (κ3) is 4.53. The molecule has 0 spiro atoms. The number of esters is 1. The first-order valence-electron chi connectivity index (χ1n) is 5.99. The van der Waals surface area contributed by atoms with Crippen molar-refractivity contribution in [2.45, 2.75) is 19.8 Å². The summed E-state index contributed by atoms with van der Waals surface area (Å²) in [6, 6.07) is 0. The van der Waals surface area contributed by atoms with Crippen molar-refractivity contribution in [3.8, 4) is 0 Å². The van der Waals surface area contributed by atoms with E-state index in [1.165, 1.54) is 11.0 Å². The van der Waals surface area contributed by atoms with E-state index in [0.717, 1.165) is 0 Å². The Labute approximate surface area is 111 Å². The molecule has 0 aliphatic carbocycles. The monoisotopic (exact) mass is 267 g/mol. The highest BCUT2D eigenvalue weighted by molar-refractivity contribution is 6.39. The minimum absolute atomic E-state index is 0.161. The van der Waals surface area contributed by atoms with E-state index in [9.17, 15) is 14.4 Å². The molecule has 7 heteroatoms. The first kappa shape index (κ1) is 14.9. The van der Waals surface area contributed by atoms with Crippen molar-refractivity contribution in [2.75, 3.05) is 19.7 Å². The van der Waals surface area contributed by atoms with Gasteiger partial charge in [0, 0.05) is 19.4 Å². The standard InChI is InChI=1S/C12H17N3O4/c1-3-7-15(8-11(17)19-4-2)12(18)9-5-6-10(16)14-13-9/h3H,1,4-8H2,2H3,(H,14,16). The first-order valence-corrected chi connectivity index (χ1v) is 5.99. The Morgan fingerprint density at radius 1 is 1.53 bits per heavy atom. The minimum Gasteiger partial charge on any atom is -0.465 e. The lowest BCUT2D eigenvalue weighted by atomic mass is 10.1. The van der Waals surface area contributed by atoms with Gasteiger partial charge >= 0.3 is 5.97 Å². The topological polar surface area (TPSA) is 88.1 Å². The van der Waals surface area contributed by atoms with E-state index in [-0.39, 0.29) is 44.2 Å². The average molecular weight is 267 g/mol. The van der Waals surface area contributed by atoms with Crippen LogP contribution in [0, 0.1) is 0 Å². The molecule has 0 bridgehead atoms. The van der Waals surface area contributed by atoms with Crippen LogP contribution in [0.3, 0.4) is 0 Å². The molecule has 2 amide bonds. The molecule has 0 saturated heterocycles. The molecule has 0 aromatic rings. The number of nitrogens with zero attached hydrogens (tertiary/aromatic N) is 2. The quantitative estimate of drug-likeness (QED) is 0.534. The van der Waals surface area contributed by atoms with Crippen LogP contribution in [0.1, 0.15) is 19.8 Å². The number of nitrogens with one attached hydrogen (secondary N) is 1. The lowest BCUT2D eigenvalue weighted by molar-refractivity contribution is -0.147. The predicted octanol–water partition coefficient (Wildman–Crippen LogP) is -0.170. The van der Waals surface area contributed by atoms with Gasteiger partial charge in [-0.25, -0.2) is 5.43 Å². The smallest absolute Gasteiger partial charge is 0.325 e. The maximum absolute atomic E-state index is 12.1. The molecule has 1 aliphatic rings. The van der Waals surface area contributed by atoms with Gasteiger partial charge in [-0.2, -0.15) is 5.10 Å². The fourth-order valence-electron chi connectivity index (χ4n) is 1.55. The summed E-state index contributed by atoms with van der Waals surface area (Å²) in [5.74, 6) is -1.11. The molecular formula is C12H17N3O4. The van der Waals surface area contributed by atoms with Crippen LogP contribution in [0.2, 0.25) is 0 Å². The number of carbonyl (C=O) groups is 3. The highest BCUT2D eigenvalue weighted by Crippen LogP contribution is 2.04. The van der Waals surface area contributed by atoms with Gasteiger partial charge in [-0.05, 0) is 6.92 Å². The highest BCUT2D eigenvalue weighted by Gasteiger charge is 2.24. The Morgan fingerprint density at radius 3 is 2.79 bits per heavy atom. The Bertz CT molecular complexity index is 417. The Balaban J connectivity index is 2.69. The lowest BCUT2D eigenvalue weighted by Crippen LogP contribution is -2.43. The van der Waals surface area contributed by atoms with Gasteiger partial charge < -0.3 is 9.64 Å². The molecule has 19 heavy (non-hydrogen) atoms. The third-order valence-electron chi connectivity index (χ3n) is 2.41. The summed E-state index contributed by atoms with van der Waals surface area (Å²) in [5.41, 5.74) is 2.48. The van der Waals surface area contributed by atoms with Gasteiger partial charge in [0.1, 0.15) is 12.3 Å². The fourth-order valence-corrected chi connectivity index (χ4v) is 1.55. The number of carbonyl (C=O) groups excluding carboxylic acids is 3. The zero-order chi connectivity index (χ0) is 14.3. The Kier molecular flexibility index (Phi) is 5.72. The molecular weight excluding hydrogens is 250 g/mol. The zero-order valence-corrected chi connectivity index (χ0v) is 10.8.